The molecule has 62 valence electrons. The van der Waals surface area contributed by atoms with E-state index in [1.807, 2.05) is 6.92 Å². The van der Waals surface area contributed by atoms with Gasteiger partial charge in [0, 0.05) is 6.54 Å². The summed E-state index contributed by atoms with van der Waals surface area (Å²) in [5.41, 5.74) is 0.503. The topological polar surface area (TPSA) is 37.8 Å². The number of nitrogens with zero attached hydrogens (tertiary/aromatic N) is 1. The second kappa shape index (κ2) is 3.13. The van der Waals surface area contributed by atoms with Gasteiger partial charge in [0.05, 0.1) is 5.56 Å². The lowest BCUT2D eigenvalue weighted by Gasteiger charge is -1.99. The van der Waals surface area contributed by atoms with Crippen LogP contribution >= 0.6 is 11.6 Å². The van der Waals surface area contributed by atoms with Gasteiger partial charge in [-0.25, -0.2) is 0 Å². The summed E-state index contributed by atoms with van der Waals surface area (Å²) < 4.78 is 1.67. The molecule has 1 aromatic rings. The summed E-state index contributed by atoms with van der Waals surface area (Å²) in [5, 5.41) is 3.17. The van der Waals surface area contributed by atoms with Crippen molar-refractivity contribution in [1.29, 1.82) is 0 Å². The van der Waals surface area contributed by atoms with E-state index in [1.54, 1.807) is 11.6 Å². The van der Waals surface area contributed by atoms with Crippen molar-refractivity contribution in [3.05, 3.63) is 21.1 Å². The van der Waals surface area contributed by atoms with Gasteiger partial charge < -0.3 is 0 Å². The third-order valence-electron chi connectivity index (χ3n) is 1.57. The molecule has 0 amide bonds. The zero-order chi connectivity index (χ0) is 8.43. The lowest BCUT2D eigenvalue weighted by atomic mass is 10.4. The maximum atomic E-state index is 11.0. The Labute approximate surface area is 70.0 Å². The molecule has 0 aliphatic heterocycles. The normalized spacial score (nSPS) is 10.5. The second-order valence-electron chi connectivity index (χ2n) is 2.51. The highest BCUT2D eigenvalue weighted by Crippen LogP contribution is 2.09. The number of rotatable bonds is 2. The smallest absolute Gasteiger partial charge is 0.268 e. The first-order chi connectivity index (χ1) is 5.16. The summed E-state index contributed by atoms with van der Waals surface area (Å²) >= 11 is 5.82. The van der Waals surface area contributed by atoms with Crippen molar-refractivity contribution in [2.45, 2.75) is 26.8 Å². The molecule has 4 heteroatoms. The van der Waals surface area contributed by atoms with Crippen LogP contribution in [0, 0.1) is 6.92 Å². The molecule has 0 fully saturated rings. The Balaban J connectivity index is 3.08. The van der Waals surface area contributed by atoms with Gasteiger partial charge in [0.1, 0.15) is 5.15 Å². The minimum absolute atomic E-state index is 0.0940. The highest BCUT2D eigenvalue weighted by atomic mass is 35.5. The molecule has 1 aromatic heterocycles. The lowest BCUT2D eigenvalue weighted by Crippen LogP contribution is -2.06. The van der Waals surface area contributed by atoms with Gasteiger partial charge in [-0.1, -0.05) is 18.5 Å². The minimum atomic E-state index is -0.0940. The van der Waals surface area contributed by atoms with Crippen LogP contribution in [0.15, 0.2) is 4.79 Å². The number of nitrogens with one attached hydrogen (secondary N) is 1. The van der Waals surface area contributed by atoms with E-state index in [0.717, 1.165) is 13.0 Å². The number of aryl methyl sites for hydroxylation is 1. The molecule has 1 rings (SSSR count). The molecule has 0 saturated carbocycles. The maximum Gasteiger partial charge on any atom is 0.268 e. The Morgan fingerprint density at radius 3 is 2.64 bits per heavy atom. The fourth-order valence-corrected chi connectivity index (χ4v) is 1.14. The van der Waals surface area contributed by atoms with Gasteiger partial charge in [0.15, 0.2) is 0 Å². The first kappa shape index (κ1) is 8.40. The van der Waals surface area contributed by atoms with Crippen molar-refractivity contribution < 1.29 is 0 Å². The molecule has 0 atom stereocenters. The van der Waals surface area contributed by atoms with Crippen LogP contribution < -0.4 is 5.56 Å². The zero-order valence-corrected chi connectivity index (χ0v) is 7.40. The average molecular weight is 175 g/mol. The van der Waals surface area contributed by atoms with Crippen molar-refractivity contribution in [2.24, 2.45) is 0 Å². The first-order valence-corrected chi connectivity index (χ1v) is 3.99. The van der Waals surface area contributed by atoms with E-state index < -0.39 is 0 Å². The monoisotopic (exact) mass is 174 g/mol. The maximum absolute atomic E-state index is 11.0. The number of hydrogen-bond acceptors (Lipinski definition) is 1. The third kappa shape index (κ3) is 1.48. The average Bonchev–Trinajstić information content (AvgIpc) is 2.19. The predicted molar refractivity (Wildman–Crippen MR) is 45.1 cm³/mol. The fourth-order valence-electron chi connectivity index (χ4n) is 0.929. The van der Waals surface area contributed by atoms with Crippen LogP contribution in [0.1, 0.15) is 18.9 Å². The van der Waals surface area contributed by atoms with Gasteiger partial charge in [0.2, 0.25) is 0 Å². The minimum Gasteiger partial charge on any atom is -0.274 e. The van der Waals surface area contributed by atoms with Gasteiger partial charge in [0.25, 0.3) is 5.56 Å². The molecule has 11 heavy (non-hydrogen) atoms. The zero-order valence-electron chi connectivity index (χ0n) is 6.65. The standard InChI is InChI=1S/C7H11ClN2O/c1-3-4-10-6(8)5(2)7(11)9-10/h3-4H2,1-2H3,(H,9,11). The molecule has 0 radical (unpaired) electrons. The Bertz CT molecular complexity index is 300. The van der Waals surface area contributed by atoms with Crippen molar-refractivity contribution in [3.63, 3.8) is 0 Å². The van der Waals surface area contributed by atoms with Gasteiger partial charge in [-0.2, -0.15) is 0 Å². The molecule has 1 heterocycles. The van der Waals surface area contributed by atoms with E-state index in [9.17, 15) is 4.79 Å². The molecular formula is C7H11ClN2O. The molecule has 0 unspecified atom stereocenters. The third-order valence-corrected chi connectivity index (χ3v) is 2.06. The largest absolute Gasteiger partial charge is 0.274 e. The molecule has 0 spiro atoms. The summed E-state index contributed by atoms with van der Waals surface area (Å²) in [5.74, 6) is 0. The highest BCUT2D eigenvalue weighted by molar-refractivity contribution is 6.30. The molecule has 0 saturated heterocycles. The van der Waals surface area contributed by atoms with E-state index in [-0.39, 0.29) is 5.56 Å². The Morgan fingerprint density at radius 2 is 2.27 bits per heavy atom. The van der Waals surface area contributed by atoms with E-state index >= 15 is 0 Å². The van der Waals surface area contributed by atoms with Crippen LogP contribution in [0.4, 0.5) is 0 Å². The van der Waals surface area contributed by atoms with Gasteiger partial charge in [-0.15, -0.1) is 0 Å². The van der Waals surface area contributed by atoms with Crippen LogP contribution in [0.25, 0.3) is 0 Å². The van der Waals surface area contributed by atoms with Gasteiger partial charge in [-0.05, 0) is 13.3 Å². The molecule has 1 N–H and O–H groups in total. The summed E-state index contributed by atoms with van der Waals surface area (Å²) in [4.78, 5) is 11.0. The summed E-state index contributed by atoms with van der Waals surface area (Å²) in [6.45, 7) is 4.51. The Hall–Kier alpha value is -0.700. The first-order valence-electron chi connectivity index (χ1n) is 3.61. The molecule has 0 aliphatic carbocycles. The van der Waals surface area contributed by atoms with E-state index in [1.165, 1.54) is 0 Å². The van der Waals surface area contributed by atoms with Crippen molar-refractivity contribution in [1.82, 2.24) is 9.78 Å². The molecule has 0 bridgehead atoms. The number of halogens is 1. The van der Waals surface area contributed by atoms with E-state index in [2.05, 4.69) is 5.10 Å². The number of hydrogen-bond donors (Lipinski definition) is 1. The summed E-state index contributed by atoms with van der Waals surface area (Å²) in [7, 11) is 0. The molecule has 0 aromatic carbocycles. The van der Waals surface area contributed by atoms with E-state index in [4.69, 9.17) is 11.6 Å². The van der Waals surface area contributed by atoms with Gasteiger partial charge in [-0.3, -0.25) is 14.6 Å². The van der Waals surface area contributed by atoms with E-state index in [0.29, 0.717) is 10.7 Å². The number of aromatic nitrogens is 2. The van der Waals surface area contributed by atoms with Crippen LogP contribution in [-0.4, -0.2) is 9.78 Å². The predicted octanol–water partition coefficient (Wildman–Crippen LogP) is 1.55. The summed E-state index contributed by atoms with van der Waals surface area (Å²) in [6, 6.07) is 0. The van der Waals surface area contributed by atoms with Crippen LogP contribution in [-0.2, 0) is 6.54 Å². The van der Waals surface area contributed by atoms with Crippen LogP contribution in [0.2, 0.25) is 5.15 Å². The molecule has 0 aliphatic rings. The Kier molecular flexibility index (Phi) is 2.39. The Morgan fingerprint density at radius 1 is 1.64 bits per heavy atom. The quantitative estimate of drug-likeness (QED) is 0.726. The highest BCUT2D eigenvalue weighted by Gasteiger charge is 2.05. The number of H-pyrrole nitrogens is 1. The fraction of sp³-hybridized carbons (Fsp3) is 0.571. The summed E-state index contributed by atoms with van der Waals surface area (Å²) in [6.07, 6.45) is 0.962. The van der Waals surface area contributed by atoms with Crippen molar-refractivity contribution in [3.8, 4) is 0 Å². The van der Waals surface area contributed by atoms with Crippen molar-refractivity contribution >= 4 is 11.6 Å². The van der Waals surface area contributed by atoms with Crippen LogP contribution in [0.5, 0.6) is 0 Å². The second-order valence-corrected chi connectivity index (χ2v) is 2.87. The lowest BCUT2D eigenvalue weighted by molar-refractivity contribution is 0.598. The SMILES string of the molecule is CCCn1[nH]c(=O)c(C)c1Cl. The molecule has 3 nitrogen and oxygen atoms in total. The van der Waals surface area contributed by atoms with Crippen LogP contribution in [0.3, 0.4) is 0 Å². The van der Waals surface area contributed by atoms with Crippen molar-refractivity contribution in [2.75, 3.05) is 0 Å². The molecular weight excluding hydrogens is 164 g/mol. The number of aromatic amines is 1. The van der Waals surface area contributed by atoms with Gasteiger partial charge >= 0.3 is 0 Å².